The molecule has 122 valence electrons. The third-order valence-corrected chi connectivity index (χ3v) is 3.48. The Balaban J connectivity index is 1.78. The van der Waals surface area contributed by atoms with Crippen LogP contribution < -0.4 is 14.9 Å². The molecule has 0 amide bonds. The summed E-state index contributed by atoms with van der Waals surface area (Å²) in [5, 5.41) is 18.7. The van der Waals surface area contributed by atoms with Crippen LogP contribution in [0.1, 0.15) is 11.1 Å². The molecule has 1 N–H and O–H groups in total. The van der Waals surface area contributed by atoms with Gasteiger partial charge in [0.15, 0.2) is 0 Å². The minimum atomic E-state index is -0.886. The number of pyridine rings is 1. The highest BCUT2D eigenvalue weighted by Gasteiger charge is 2.27. The number of hydrogen-bond donors (Lipinski definition) is 1. The lowest BCUT2D eigenvalue weighted by molar-refractivity contribution is 0.143. The second-order valence-corrected chi connectivity index (χ2v) is 5.08. The van der Waals surface area contributed by atoms with E-state index in [1.54, 1.807) is 37.4 Å². The summed E-state index contributed by atoms with van der Waals surface area (Å²) in [6, 6.07) is 10.5. The average Bonchev–Trinajstić information content (AvgIpc) is 2.96. The van der Waals surface area contributed by atoms with Crippen molar-refractivity contribution in [3.63, 3.8) is 0 Å². The second kappa shape index (κ2) is 7.32. The molecular weight excluding hydrogens is 311 g/mol. The zero-order chi connectivity index (χ0) is 16.9. The summed E-state index contributed by atoms with van der Waals surface area (Å²) in [4.78, 5) is 4.22. The van der Waals surface area contributed by atoms with Crippen molar-refractivity contribution in [1.82, 2.24) is 4.98 Å². The Labute approximate surface area is 139 Å². The lowest BCUT2D eigenvalue weighted by atomic mass is 9.80. The third-order valence-electron chi connectivity index (χ3n) is 3.48. The standard InChI is InChI=1S/C16H15BN2O5/c1-21-6-7-22-16-11(9-18)2-5-15(19-16)24-13-3-4-14-12(8-13)10-23-17(14)20/h2-5,8,20H,6-7,10H2,1H3. The van der Waals surface area contributed by atoms with Crippen molar-refractivity contribution in [3.05, 3.63) is 41.5 Å². The highest BCUT2D eigenvalue weighted by atomic mass is 16.5. The molecule has 0 saturated heterocycles. The molecule has 8 heteroatoms. The van der Waals surface area contributed by atoms with E-state index in [1.165, 1.54) is 0 Å². The van der Waals surface area contributed by atoms with Gasteiger partial charge in [-0.25, -0.2) is 0 Å². The quantitative estimate of drug-likeness (QED) is 0.625. The Kier molecular flexibility index (Phi) is 4.96. The van der Waals surface area contributed by atoms with Crippen LogP contribution in [0, 0.1) is 11.3 Å². The van der Waals surface area contributed by atoms with E-state index in [2.05, 4.69) is 4.98 Å². The van der Waals surface area contributed by atoms with Crippen LogP contribution >= 0.6 is 0 Å². The van der Waals surface area contributed by atoms with Gasteiger partial charge < -0.3 is 23.9 Å². The zero-order valence-electron chi connectivity index (χ0n) is 13.1. The number of ether oxygens (including phenoxy) is 3. The Morgan fingerprint density at radius 3 is 3.00 bits per heavy atom. The van der Waals surface area contributed by atoms with Gasteiger partial charge in [0, 0.05) is 13.2 Å². The first kappa shape index (κ1) is 16.3. The third kappa shape index (κ3) is 3.49. The normalized spacial score (nSPS) is 12.6. The van der Waals surface area contributed by atoms with E-state index in [-0.39, 0.29) is 12.5 Å². The molecule has 0 aliphatic carbocycles. The van der Waals surface area contributed by atoms with Crippen molar-refractivity contribution < 1.29 is 23.9 Å². The minimum Gasteiger partial charge on any atom is -0.474 e. The molecule has 1 aromatic heterocycles. The summed E-state index contributed by atoms with van der Waals surface area (Å²) in [5.74, 6) is 1.07. The van der Waals surface area contributed by atoms with Crippen molar-refractivity contribution in [2.24, 2.45) is 0 Å². The molecule has 1 aliphatic heterocycles. The summed E-state index contributed by atoms with van der Waals surface area (Å²) >= 11 is 0. The maximum Gasteiger partial charge on any atom is 0.491 e. The first-order valence-corrected chi connectivity index (χ1v) is 7.34. The maximum atomic E-state index is 9.63. The number of rotatable bonds is 6. The number of benzene rings is 1. The summed E-state index contributed by atoms with van der Waals surface area (Å²) in [7, 11) is 0.679. The molecule has 0 bridgehead atoms. The highest BCUT2D eigenvalue weighted by molar-refractivity contribution is 6.61. The molecular formula is C16H15BN2O5. The van der Waals surface area contributed by atoms with Crippen LogP contribution in [0.25, 0.3) is 0 Å². The van der Waals surface area contributed by atoms with Crippen LogP contribution in [0.4, 0.5) is 0 Å². The first-order chi connectivity index (χ1) is 11.7. The topological polar surface area (TPSA) is 93.8 Å². The summed E-state index contributed by atoms with van der Waals surface area (Å²) in [6.07, 6.45) is 0. The van der Waals surface area contributed by atoms with Gasteiger partial charge in [-0.05, 0) is 29.2 Å². The Morgan fingerprint density at radius 2 is 2.21 bits per heavy atom. The molecule has 0 unspecified atom stereocenters. The molecule has 0 radical (unpaired) electrons. The van der Waals surface area contributed by atoms with Gasteiger partial charge in [0.25, 0.3) is 0 Å². The number of nitrogens with zero attached hydrogens (tertiary/aromatic N) is 2. The number of fused-ring (bicyclic) bond motifs is 1. The molecule has 3 rings (SSSR count). The Hall–Kier alpha value is -2.60. The fourth-order valence-corrected chi connectivity index (χ4v) is 2.29. The molecule has 0 atom stereocenters. The molecule has 1 aliphatic rings. The van der Waals surface area contributed by atoms with Crippen molar-refractivity contribution in [2.45, 2.75) is 6.61 Å². The predicted molar refractivity (Wildman–Crippen MR) is 85.2 cm³/mol. The van der Waals surface area contributed by atoms with E-state index in [1.807, 2.05) is 6.07 Å². The van der Waals surface area contributed by atoms with Gasteiger partial charge in [0.1, 0.15) is 24.0 Å². The van der Waals surface area contributed by atoms with Crippen LogP contribution in [0.2, 0.25) is 0 Å². The monoisotopic (exact) mass is 326 g/mol. The van der Waals surface area contributed by atoms with E-state index in [4.69, 9.17) is 24.1 Å². The van der Waals surface area contributed by atoms with Gasteiger partial charge in [0.05, 0.1) is 13.2 Å². The largest absolute Gasteiger partial charge is 0.491 e. The molecule has 0 saturated carbocycles. The molecule has 2 heterocycles. The summed E-state index contributed by atoms with van der Waals surface area (Å²) < 4.78 is 21.2. The van der Waals surface area contributed by atoms with Crippen LogP contribution in [0.5, 0.6) is 17.5 Å². The number of nitriles is 1. The highest BCUT2D eigenvalue weighted by Crippen LogP contribution is 2.25. The Morgan fingerprint density at radius 1 is 1.33 bits per heavy atom. The minimum absolute atomic E-state index is 0.201. The van der Waals surface area contributed by atoms with Gasteiger partial charge in [-0.2, -0.15) is 10.2 Å². The van der Waals surface area contributed by atoms with Crippen molar-refractivity contribution in [2.75, 3.05) is 20.3 Å². The van der Waals surface area contributed by atoms with Gasteiger partial charge >= 0.3 is 7.12 Å². The number of hydrogen-bond acceptors (Lipinski definition) is 7. The van der Waals surface area contributed by atoms with E-state index >= 15 is 0 Å². The fourth-order valence-electron chi connectivity index (χ4n) is 2.29. The fraction of sp³-hybridized carbons (Fsp3) is 0.250. The second-order valence-electron chi connectivity index (χ2n) is 5.08. The van der Waals surface area contributed by atoms with Crippen LogP contribution in [-0.4, -0.2) is 37.4 Å². The molecule has 0 fully saturated rings. The predicted octanol–water partition coefficient (Wildman–Crippen LogP) is 0.988. The van der Waals surface area contributed by atoms with Crippen molar-refractivity contribution in [1.29, 1.82) is 5.26 Å². The summed E-state index contributed by atoms with van der Waals surface area (Å²) in [6.45, 7) is 1.01. The van der Waals surface area contributed by atoms with Crippen LogP contribution in [0.15, 0.2) is 30.3 Å². The molecule has 0 spiro atoms. The molecule has 7 nitrogen and oxygen atoms in total. The van der Waals surface area contributed by atoms with E-state index in [0.29, 0.717) is 30.4 Å². The molecule has 2 aromatic rings. The van der Waals surface area contributed by atoms with Crippen LogP contribution in [-0.2, 0) is 16.0 Å². The van der Waals surface area contributed by atoms with Crippen molar-refractivity contribution >= 4 is 12.6 Å². The van der Waals surface area contributed by atoms with E-state index < -0.39 is 7.12 Å². The van der Waals surface area contributed by atoms with Gasteiger partial charge in [0.2, 0.25) is 11.8 Å². The van der Waals surface area contributed by atoms with Gasteiger partial charge in [-0.15, -0.1) is 0 Å². The lowest BCUT2D eigenvalue weighted by Crippen LogP contribution is -2.27. The average molecular weight is 326 g/mol. The zero-order valence-corrected chi connectivity index (χ0v) is 13.1. The molecule has 1 aromatic carbocycles. The van der Waals surface area contributed by atoms with E-state index in [9.17, 15) is 5.02 Å². The van der Waals surface area contributed by atoms with Gasteiger partial charge in [-0.3, -0.25) is 0 Å². The lowest BCUT2D eigenvalue weighted by Gasteiger charge is -2.10. The summed E-state index contributed by atoms with van der Waals surface area (Å²) in [5.41, 5.74) is 1.92. The molecule has 24 heavy (non-hydrogen) atoms. The number of methoxy groups -OCH3 is 1. The van der Waals surface area contributed by atoms with E-state index in [0.717, 1.165) is 11.0 Å². The SMILES string of the molecule is COCCOc1nc(Oc2ccc3c(c2)COB3O)ccc1C#N. The van der Waals surface area contributed by atoms with Crippen molar-refractivity contribution in [3.8, 4) is 23.6 Å². The van der Waals surface area contributed by atoms with Crippen LogP contribution in [0.3, 0.4) is 0 Å². The Bertz CT molecular complexity index is 778. The first-order valence-electron chi connectivity index (χ1n) is 7.34. The number of aromatic nitrogens is 1. The van der Waals surface area contributed by atoms with Gasteiger partial charge in [-0.1, -0.05) is 6.07 Å². The maximum absolute atomic E-state index is 9.63. The smallest absolute Gasteiger partial charge is 0.474 e.